The molecule has 13 nitrogen and oxygen atoms in total. The van der Waals surface area contributed by atoms with Gasteiger partial charge in [0.25, 0.3) is 0 Å². The van der Waals surface area contributed by atoms with E-state index in [9.17, 15) is 23.9 Å². The normalized spacial score (nSPS) is 43.3. The number of alkyl carbamates (subject to hydrolysis) is 1. The van der Waals surface area contributed by atoms with Gasteiger partial charge in [0.2, 0.25) is 0 Å². The Morgan fingerprint density at radius 3 is 2.43 bits per heavy atom. The van der Waals surface area contributed by atoms with E-state index in [4.69, 9.17) is 23.7 Å². The summed E-state index contributed by atoms with van der Waals surface area (Å²) >= 11 is 0. The van der Waals surface area contributed by atoms with Crippen LogP contribution in [0.3, 0.4) is 0 Å². The Balaban J connectivity index is 1.64. The Bertz CT molecular complexity index is 1110. The van der Waals surface area contributed by atoms with E-state index in [0.29, 0.717) is 51.9 Å². The van der Waals surface area contributed by atoms with E-state index in [0.717, 1.165) is 0 Å². The van der Waals surface area contributed by atoms with Gasteiger partial charge in [-0.2, -0.15) is 0 Å². The number of hydrogen-bond acceptors (Lipinski definition) is 12. The third-order valence-corrected chi connectivity index (χ3v) is 10.9. The first-order valence-corrected chi connectivity index (χ1v) is 17.1. The molecule has 0 saturated carbocycles. The van der Waals surface area contributed by atoms with Gasteiger partial charge in [-0.1, -0.05) is 13.8 Å². The summed E-state index contributed by atoms with van der Waals surface area (Å²) in [7, 11) is 5.30. The SMILES string of the molecule is CC[C@H]1OC(=O)C(C)C(=O)[C@H](C)[C@@H](OC2OC(CN3CC(F)C3)CC(N(C)C)C2O)[C@](C)(OC)CCCN[C@H](C)[C@H]2NC(=O)O[C@@]21C. The number of esters is 1. The summed E-state index contributed by atoms with van der Waals surface area (Å²) in [6.45, 7) is 12.3. The molecule has 0 aromatic heterocycles. The smallest absolute Gasteiger partial charge is 0.408 e. The van der Waals surface area contributed by atoms with E-state index >= 15 is 0 Å². The summed E-state index contributed by atoms with van der Waals surface area (Å²) in [6, 6.07) is -1.05. The maximum Gasteiger partial charge on any atom is 0.408 e. The van der Waals surface area contributed by atoms with Crippen molar-refractivity contribution in [1.82, 2.24) is 20.4 Å². The number of amides is 1. The van der Waals surface area contributed by atoms with Gasteiger partial charge in [0.1, 0.15) is 24.3 Å². The zero-order valence-corrected chi connectivity index (χ0v) is 29.5. The molecule has 0 bridgehead atoms. The van der Waals surface area contributed by atoms with Crippen LogP contribution >= 0.6 is 0 Å². The van der Waals surface area contributed by atoms with Crippen LogP contribution in [0.1, 0.15) is 67.2 Å². The summed E-state index contributed by atoms with van der Waals surface area (Å²) in [5.41, 5.74) is -2.19. The van der Waals surface area contributed by atoms with Crippen molar-refractivity contribution in [3.63, 3.8) is 0 Å². The molecule has 4 rings (SSSR count). The van der Waals surface area contributed by atoms with Crippen molar-refractivity contribution < 1.29 is 47.6 Å². The number of methoxy groups -OCH3 is 1. The number of carbonyl (C=O) groups is 3. The molecule has 4 aliphatic rings. The summed E-state index contributed by atoms with van der Waals surface area (Å²) in [4.78, 5) is 44.0. The van der Waals surface area contributed by atoms with Gasteiger partial charge in [0.15, 0.2) is 17.7 Å². The standard InChI is InChI=1S/C33H57FN4O9/c1-10-24-33(6)27(36-31(42)47-33)20(4)35-13-11-12-32(5,43-9)28(18(2)25(39)19(3)29(41)45-24)46-30-26(40)23(37(7)8)14-22(44-30)17-38-15-21(34)16-38/h18-24,26-28,30,35,40H,10-17H2,1-9H3,(H,36,42)/t18-,19?,20+,22?,23?,24+,26?,27+,28+,30?,32+,33+/m0/s1. The largest absolute Gasteiger partial charge is 0.458 e. The maximum absolute atomic E-state index is 14.1. The Morgan fingerprint density at radius 1 is 1.15 bits per heavy atom. The minimum atomic E-state index is -1.17. The maximum atomic E-state index is 14.1. The fourth-order valence-electron chi connectivity index (χ4n) is 7.75. The second kappa shape index (κ2) is 15.3. The van der Waals surface area contributed by atoms with Crippen molar-refractivity contribution in [1.29, 1.82) is 0 Å². The van der Waals surface area contributed by atoms with Gasteiger partial charge in [-0.15, -0.1) is 0 Å². The molecule has 0 aliphatic carbocycles. The molecule has 1 amide bonds. The third kappa shape index (κ3) is 8.11. The number of hydrogen-bond donors (Lipinski definition) is 3. The topological polar surface area (TPSA) is 148 Å². The minimum Gasteiger partial charge on any atom is -0.458 e. The van der Waals surface area contributed by atoms with Crippen LogP contribution in [-0.2, 0) is 33.3 Å². The molecule has 4 heterocycles. The quantitative estimate of drug-likeness (QED) is 0.267. The number of ketones is 1. The number of aliphatic hydroxyl groups is 1. The number of likely N-dealkylation sites (tertiary alicyclic amines) is 1. The Labute approximate surface area is 278 Å². The van der Waals surface area contributed by atoms with Crippen LogP contribution in [0.15, 0.2) is 0 Å². The zero-order chi connectivity index (χ0) is 34.8. The van der Waals surface area contributed by atoms with E-state index in [1.807, 2.05) is 44.7 Å². The first-order chi connectivity index (χ1) is 22.0. The molecule has 270 valence electrons. The lowest BCUT2D eigenvalue weighted by molar-refractivity contribution is -0.299. The van der Waals surface area contributed by atoms with Crippen LogP contribution in [-0.4, -0.2) is 146 Å². The number of rotatable bonds is 7. The molecule has 47 heavy (non-hydrogen) atoms. The fourth-order valence-corrected chi connectivity index (χ4v) is 7.75. The van der Waals surface area contributed by atoms with Crippen molar-refractivity contribution >= 4 is 17.8 Å². The van der Waals surface area contributed by atoms with Gasteiger partial charge in [-0.05, 0) is 74.0 Å². The number of carbonyl (C=O) groups excluding carboxylic acids is 3. The van der Waals surface area contributed by atoms with Crippen LogP contribution in [0.2, 0.25) is 0 Å². The first kappa shape index (κ1) is 37.9. The van der Waals surface area contributed by atoms with Gasteiger partial charge in [-0.3, -0.25) is 14.5 Å². The molecular formula is C33H57FN4O9. The number of aliphatic hydroxyl groups excluding tert-OH is 1. The lowest BCUT2D eigenvalue weighted by Gasteiger charge is -2.48. The molecule has 0 aromatic carbocycles. The summed E-state index contributed by atoms with van der Waals surface area (Å²) in [5, 5.41) is 17.8. The van der Waals surface area contributed by atoms with Gasteiger partial charge in [-0.25, -0.2) is 9.18 Å². The average Bonchev–Trinajstić information content (AvgIpc) is 3.33. The Kier molecular flexibility index (Phi) is 12.3. The predicted octanol–water partition coefficient (Wildman–Crippen LogP) is 1.64. The van der Waals surface area contributed by atoms with Crippen LogP contribution < -0.4 is 10.6 Å². The molecule has 3 N–H and O–H groups in total. The van der Waals surface area contributed by atoms with Crippen molar-refractivity contribution in [3.8, 4) is 0 Å². The number of Topliss-reactive ketones (excluding diaryl/α,β-unsaturated/α-hetero) is 1. The van der Waals surface area contributed by atoms with E-state index in [1.165, 1.54) is 6.92 Å². The highest BCUT2D eigenvalue weighted by molar-refractivity contribution is 6.00. The number of halogens is 1. The fraction of sp³-hybridized carbons (Fsp3) is 0.909. The number of fused-ring (bicyclic) bond motifs is 1. The van der Waals surface area contributed by atoms with E-state index in [-0.39, 0.29) is 18.2 Å². The minimum absolute atomic E-state index is 0.243. The monoisotopic (exact) mass is 672 g/mol. The van der Waals surface area contributed by atoms with Crippen molar-refractivity contribution in [2.24, 2.45) is 11.8 Å². The van der Waals surface area contributed by atoms with Gasteiger partial charge < -0.3 is 44.3 Å². The summed E-state index contributed by atoms with van der Waals surface area (Å²) < 4.78 is 44.3. The lowest BCUT2D eigenvalue weighted by atomic mass is 9.80. The third-order valence-electron chi connectivity index (χ3n) is 10.9. The van der Waals surface area contributed by atoms with Crippen LogP contribution in [0.4, 0.5) is 9.18 Å². The van der Waals surface area contributed by atoms with Crippen LogP contribution in [0.5, 0.6) is 0 Å². The van der Waals surface area contributed by atoms with E-state index < -0.39 is 77.7 Å². The second-order valence-corrected chi connectivity index (χ2v) is 14.6. The van der Waals surface area contributed by atoms with Gasteiger partial charge in [0, 0.05) is 44.7 Å². The van der Waals surface area contributed by atoms with E-state index in [2.05, 4.69) is 10.6 Å². The van der Waals surface area contributed by atoms with Gasteiger partial charge in [0.05, 0.1) is 23.9 Å². The summed E-state index contributed by atoms with van der Waals surface area (Å²) in [5.74, 6) is -3.18. The molecule has 4 fully saturated rings. The number of nitrogens with one attached hydrogen (secondary N) is 2. The van der Waals surface area contributed by atoms with Crippen molar-refractivity contribution in [3.05, 3.63) is 0 Å². The highest BCUT2D eigenvalue weighted by Gasteiger charge is 2.55. The molecule has 4 aliphatic heterocycles. The molecule has 5 unspecified atom stereocenters. The van der Waals surface area contributed by atoms with Crippen LogP contribution in [0, 0.1) is 11.8 Å². The summed E-state index contributed by atoms with van der Waals surface area (Å²) in [6.07, 6.45) is -3.68. The average molecular weight is 673 g/mol. The molecule has 0 radical (unpaired) electrons. The first-order valence-electron chi connectivity index (χ1n) is 17.1. The van der Waals surface area contributed by atoms with Crippen LogP contribution in [0.25, 0.3) is 0 Å². The number of likely N-dealkylation sites (N-methyl/N-ethyl adjacent to an activating group) is 1. The lowest BCUT2D eigenvalue weighted by Crippen LogP contribution is -2.61. The Morgan fingerprint density at radius 2 is 1.83 bits per heavy atom. The Hall–Kier alpha value is -1.94. The predicted molar refractivity (Wildman–Crippen MR) is 170 cm³/mol. The highest BCUT2D eigenvalue weighted by atomic mass is 19.1. The molecule has 12 atom stereocenters. The number of ether oxygens (including phenoxy) is 5. The van der Waals surface area contributed by atoms with Crippen molar-refractivity contribution in [2.75, 3.05) is 47.4 Å². The highest BCUT2D eigenvalue weighted by Crippen LogP contribution is 2.37. The number of cyclic esters (lactones) is 1. The molecule has 0 spiro atoms. The van der Waals surface area contributed by atoms with E-state index in [1.54, 1.807) is 21.0 Å². The molecular weight excluding hydrogens is 615 g/mol. The number of alkyl halides is 1. The molecule has 0 aromatic rings. The van der Waals surface area contributed by atoms with Crippen molar-refractivity contribution in [2.45, 2.75) is 133 Å². The number of nitrogens with zero attached hydrogens (tertiary/aromatic N) is 2. The van der Waals surface area contributed by atoms with Gasteiger partial charge >= 0.3 is 12.1 Å². The second-order valence-electron chi connectivity index (χ2n) is 14.6. The zero-order valence-electron chi connectivity index (χ0n) is 29.5. The molecule has 4 saturated heterocycles. The molecule has 14 heteroatoms.